The lowest BCUT2D eigenvalue weighted by Gasteiger charge is -2.37. The summed E-state index contributed by atoms with van der Waals surface area (Å²) >= 11 is 0. The molecule has 1 unspecified atom stereocenters. The van der Waals surface area contributed by atoms with Crippen LogP contribution in [-0.4, -0.2) is 52.9 Å². The Morgan fingerprint density at radius 3 is 2.65 bits per heavy atom. The van der Waals surface area contributed by atoms with Gasteiger partial charge in [0.1, 0.15) is 0 Å². The van der Waals surface area contributed by atoms with E-state index in [9.17, 15) is 4.79 Å². The van der Waals surface area contributed by atoms with Gasteiger partial charge in [0.2, 0.25) is 0 Å². The molecule has 3 heterocycles. The van der Waals surface area contributed by atoms with Crippen molar-refractivity contribution >= 4 is 30.7 Å². The number of nitrogens with zero attached hydrogens (tertiary/aromatic N) is 3. The molecule has 2 fully saturated rings. The van der Waals surface area contributed by atoms with E-state index in [4.69, 9.17) is 5.73 Å². The van der Waals surface area contributed by atoms with Crippen molar-refractivity contribution in [3.8, 4) is 0 Å². The molecule has 23 heavy (non-hydrogen) atoms. The number of likely N-dealkylation sites (tertiary alicyclic amines) is 2. The van der Waals surface area contributed by atoms with Gasteiger partial charge < -0.3 is 10.6 Å². The number of pyridine rings is 1. The standard InChI is InChI=1S/C16H24N4O.2ClH/c17-11-14-10-13(5-6-18-14)16(21)20-9-3-4-15(12-20)19-7-1-2-8-19;;/h5-6,10,15H,1-4,7-9,11-12,17H2;2*1H. The van der Waals surface area contributed by atoms with Crippen LogP contribution in [0.4, 0.5) is 0 Å². The van der Waals surface area contributed by atoms with Crippen LogP contribution in [0.25, 0.3) is 0 Å². The van der Waals surface area contributed by atoms with Crippen LogP contribution in [0.3, 0.4) is 0 Å². The van der Waals surface area contributed by atoms with Gasteiger partial charge in [0.25, 0.3) is 5.91 Å². The minimum atomic E-state index is 0. The third-order valence-electron chi connectivity index (χ3n) is 4.61. The molecule has 0 radical (unpaired) electrons. The third-order valence-corrected chi connectivity index (χ3v) is 4.61. The zero-order chi connectivity index (χ0) is 14.7. The van der Waals surface area contributed by atoms with Gasteiger partial charge >= 0.3 is 0 Å². The molecule has 5 nitrogen and oxygen atoms in total. The normalized spacial score (nSPS) is 21.4. The van der Waals surface area contributed by atoms with E-state index in [1.54, 1.807) is 12.3 Å². The van der Waals surface area contributed by atoms with E-state index >= 15 is 0 Å². The summed E-state index contributed by atoms with van der Waals surface area (Å²) in [5.41, 5.74) is 7.10. The number of amides is 1. The molecule has 7 heteroatoms. The molecule has 0 spiro atoms. The van der Waals surface area contributed by atoms with Gasteiger partial charge in [-0.3, -0.25) is 14.7 Å². The summed E-state index contributed by atoms with van der Waals surface area (Å²) in [4.78, 5) is 21.4. The number of hydrogen-bond donors (Lipinski definition) is 1. The Morgan fingerprint density at radius 2 is 1.96 bits per heavy atom. The van der Waals surface area contributed by atoms with E-state index < -0.39 is 0 Å². The maximum absolute atomic E-state index is 12.7. The molecule has 1 amide bonds. The van der Waals surface area contributed by atoms with Gasteiger partial charge in [0, 0.05) is 37.4 Å². The zero-order valence-corrected chi connectivity index (χ0v) is 15.0. The first-order chi connectivity index (χ1) is 10.3. The molecule has 1 atom stereocenters. The predicted molar refractivity (Wildman–Crippen MR) is 96.4 cm³/mol. The minimum Gasteiger partial charge on any atom is -0.337 e. The van der Waals surface area contributed by atoms with E-state index in [-0.39, 0.29) is 30.7 Å². The Labute approximate surface area is 150 Å². The molecule has 1 aromatic rings. The lowest BCUT2D eigenvalue weighted by molar-refractivity contribution is 0.0607. The van der Waals surface area contributed by atoms with Crippen molar-refractivity contribution in [3.63, 3.8) is 0 Å². The molecule has 3 rings (SSSR count). The SMILES string of the molecule is Cl.Cl.NCc1cc(C(=O)N2CCCC(N3CCCC3)C2)ccn1. The fraction of sp³-hybridized carbons (Fsp3) is 0.625. The molecule has 0 bridgehead atoms. The highest BCUT2D eigenvalue weighted by Gasteiger charge is 2.29. The molecule has 0 aliphatic carbocycles. The van der Waals surface area contributed by atoms with E-state index in [1.807, 2.05) is 11.0 Å². The Morgan fingerprint density at radius 1 is 1.22 bits per heavy atom. The van der Waals surface area contributed by atoms with Crippen molar-refractivity contribution in [3.05, 3.63) is 29.6 Å². The number of carbonyl (C=O) groups excluding carboxylic acids is 1. The smallest absolute Gasteiger partial charge is 0.254 e. The number of piperidine rings is 1. The molecule has 0 saturated carbocycles. The monoisotopic (exact) mass is 360 g/mol. The van der Waals surface area contributed by atoms with Crippen molar-refractivity contribution < 1.29 is 4.79 Å². The fourth-order valence-corrected chi connectivity index (χ4v) is 3.45. The summed E-state index contributed by atoms with van der Waals surface area (Å²) in [7, 11) is 0. The Hall–Kier alpha value is -0.880. The van der Waals surface area contributed by atoms with Gasteiger partial charge in [-0.05, 0) is 50.9 Å². The maximum atomic E-state index is 12.7. The lowest BCUT2D eigenvalue weighted by Crippen LogP contribution is -2.49. The summed E-state index contributed by atoms with van der Waals surface area (Å²) in [6, 6.07) is 4.16. The minimum absolute atomic E-state index is 0. The van der Waals surface area contributed by atoms with E-state index in [0.29, 0.717) is 18.2 Å². The van der Waals surface area contributed by atoms with E-state index in [2.05, 4.69) is 9.88 Å². The maximum Gasteiger partial charge on any atom is 0.254 e. The number of carbonyl (C=O) groups is 1. The summed E-state index contributed by atoms with van der Waals surface area (Å²) in [6.45, 7) is 4.48. The first-order valence-electron chi connectivity index (χ1n) is 7.96. The molecule has 130 valence electrons. The van der Waals surface area contributed by atoms with Crippen molar-refractivity contribution in [1.29, 1.82) is 0 Å². The van der Waals surface area contributed by atoms with Crippen LogP contribution in [0.5, 0.6) is 0 Å². The average molecular weight is 361 g/mol. The summed E-state index contributed by atoms with van der Waals surface area (Å²) < 4.78 is 0. The number of halogens is 2. The highest BCUT2D eigenvalue weighted by atomic mass is 35.5. The quantitative estimate of drug-likeness (QED) is 0.896. The van der Waals surface area contributed by atoms with Crippen LogP contribution >= 0.6 is 24.8 Å². The Bertz CT molecular complexity index is 509. The van der Waals surface area contributed by atoms with Gasteiger partial charge in [0.15, 0.2) is 0 Å². The molecular weight excluding hydrogens is 335 g/mol. The predicted octanol–water partition coefficient (Wildman–Crippen LogP) is 2.08. The molecule has 2 N–H and O–H groups in total. The van der Waals surface area contributed by atoms with Crippen LogP contribution in [0.1, 0.15) is 41.7 Å². The zero-order valence-electron chi connectivity index (χ0n) is 13.3. The number of hydrogen-bond acceptors (Lipinski definition) is 4. The van der Waals surface area contributed by atoms with Crippen molar-refractivity contribution in [2.45, 2.75) is 38.3 Å². The van der Waals surface area contributed by atoms with Gasteiger partial charge in [-0.1, -0.05) is 0 Å². The number of aromatic nitrogens is 1. The highest BCUT2D eigenvalue weighted by Crippen LogP contribution is 2.21. The second-order valence-electron chi connectivity index (χ2n) is 6.03. The average Bonchev–Trinajstić information content (AvgIpc) is 3.09. The van der Waals surface area contributed by atoms with Crippen LogP contribution in [0.15, 0.2) is 18.3 Å². The molecule has 2 saturated heterocycles. The summed E-state index contributed by atoms with van der Waals surface area (Å²) in [5.74, 6) is 0.121. The van der Waals surface area contributed by atoms with Crippen molar-refractivity contribution in [1.82, 2.24) is 14.8 Å². The second kappa shape index (κ2) is 9.42. The number of rotatable bonds is 3. The van der Waals surface area contributed by atoms with Gasteiger partial charge in [-0.15, -0.1) is 24.8 Å². The molecule has 2 aliphatic rings. The molecular formula is C16H26Cl2N4O. The molecule has 2 aliphatic heterocycles. The van der Waals surface area contributed by atoms with Crippen LogP contribution in [-0.2, 0) is 6.54 Å². The van der Waals surface area contributed by atoms with Crippen molar-refractivity contribution in [2.75, 3.05) is 26.2 Å². The van der Waals surface area contributed by atoms with Crippen LogP contribution in [0, 0.1) is 0 Å². The van der Waals surface area contributed by atoms with Gasteiger partial charge in [-0.25, -0.2) is 0 Å². The largest absolute Gasteiger partial charge is 0.337 e. The van der Waals surface area contributed by atoms with Gasteiger partial charge in [0.05, 0.1) is 5.69 Å². The third kappa shape index (κ3) is 4.80. The molecule has 1 aromatic heterocycles. The first kappa shape index (κ1) is 20.2. The molecule has 0 aromatic carbocycles. The first-order valence-corrected chi connectivity index (χ1v) is 7.96. The lowest BCUT2D eigenvalue weighted by atomic mass is 10.0. The summed E-state index contributed by atoms with van der Waals surface area (Å²) in [5, 5.41) is 0. The van der Waals surface area contributed by atoms with Crippen LogP contribution < -0.4 is 5.73 Å². The second-order valence-corrected chi connectivity index (χ2v) is 6.03. The topological polar surface area (TPSA) is 62.5 Å². The highest BCUT2D eigenvalue weighted by molar-refractivity contribution is 5.94. The Balaban J connectivity index is 0.00000132. The van der Waals surface area contributed by atoms with E-state index in [1.165, 1.54) is 32.4 Å². The van der Waals surface area contributed by atoms with Gasteiger partial charge in [-0.2, -0.15) is 0 Å². The van der Waals surface area contributed by atoms with Crippen molar-refractivity contribution in [2.24, 2.45) is 5.73 Å². The van der Waals surface area contributed by atoms with E-state index in [0.717, 1.165) is 25.2 Å². The fourth-order valence-electron chi connectivity index (χ4n) is 3.45. The number of nitrogens with two attached hydrogens (primary N) is 1. The van der Waals surface area contributed by atoms with Crippen LogP contribution in [0.2, 0.25) is 0 Å². The summed E-state index contributed by atoms with van der Waals surface area (Å²) in [6.07, 6.45) is 6.59. The Kier molecular flexibility index (Phi) is 8.26.